The summed E-state index contributed by atoms with van der Waals surface area (Å²) in [4.78, 5) is 24.6. The monoisotopic (exact) mass is 587 g/mol. The number of rotatable bonds is 7. The molecule has 0 aliphatic heterocycles. The summed E-state index contributed by atoms with van der Waals surface area (Å²) in [6, 6.07) is 20.9. The van der Waals surface area contributed by atoms with Gasteiger partial charge in [-0.1, -0.05) is 29.8 Å². The standard InChI is InChI=1S/C24H16Br2ClN3O3/c25-20-11-15(10-16(13-28)24(32)30-18-4-2-1-3-5-18)12-21(26)23(20)33-14-22(31)29-19-8-6-17(27)7-9-19/h1-12H,14H2,(H,29,31)(H,30,32)/b16-10+. The summed E-state index contributed by atoms with van der Waals surface area (Å²) in [6.07, 6.45) is 1.46. The fourth-order valence-corrected chi connectivity index (χ4v) is 4.28. The van der Waals surface area contributed by atoms with E-state index in [4.69, 9.17) is 16.3 Å². The number of carbonyl (C=O) groups is 2. The Morgan fingerprint density at radius 3 is 2.18 bits per heavy atom. The number of nitriles is 1. The molecule has 0 saturated heterocycles. The van der Waals surface area contributed by atoms with E-state index < -0.39 is 5.91 Å². The van der Waals surface area contributed by atoms with Gasteiger partial charge in [-0.05, 0) is 92.0 Å². The second kappa shape index (κ2) is 11.7. The van der Waals surface area contributed by atoms with Crippen LogP contribution in [-0.4, -0.2) is 18.4 Å². The Morgan fingerprint density at radius 1 is 0.970 bits per heavy atom. The quantitative estimate of drug-likeness (QED) is 0.246. The van der Waals surface area contributed by atoms with Crippen LogP contribution in [0, 0.1) is 11.3 Å². The fraction of sp³-hybridized carbons (Fsp3) is 0.0417. The molecule has 0 atom stereocenters. The minimum Gasteiger partial charge on any atom is -0.481 e. The van der Waals surface area contributed by atoms with Crippen molar-refractivity contribution in [3.63, 3.8) is 0 Å². The van der Waals surface area contributed by atoms with E-state index in [1.54, 1.807) is 60.7 Å². The summed E-state index contributed by atoms with van der Waals surface area (Å²) in [7, 11) is 0. The van der Waals surface area contributed by atoms with Gasteiger partial charge in [-0.25, -0.2) is 0 Å². The van der Waals surface area contributed by atoms with Crippen molar-refractivity contribution in [2.45, 2.75) is 0 Å². The zero-order valence-electron chi connectivity index (χ0n) is 16.9. The normalized spacial score (nSPS) is 10.8. The molecule has 3 aromatic rings. The minimum absolute atomic E-state index is 0.0614. The molecule has 0 unspecified atom stereocenters. The molecule has 0 radical (unpaired) electrons. The number of benzene rings is 3. The largest absolute Gasteiger partial charge is 0.481 e. The smallest absolute Gasteiger partial charge is 0.266 e. The lowest BCUT2D eigenvalue weighted by molar-refractivity contribution is -0.118. The van der Waals surface area contributed by atoms with Crippen LogP contribution in [0.15, 0.2) is 81.2 Å². The second-order valence-corrected chi connectivity index (χ2v) is 8.79. The van der Waals surface area contributed by atoms with Gasteiger partial charge in [0.2, 0.25) is 0 Å². The van der Waals surface area contributed by atoms with E-state index >= 15 is 0 Å². The van der Waals surface area contributed by atoms with Gasteiger partial charge in [-0.2, -0.15) is 5.26 Å². The highest BCUT2D eigenvalue weighted by molar-refractivity contribution is 9.11. The van der Waals surface area contributed by atoms with E-state index in [-0.39, 0.29) is 18.1 Å². The first kappa shape index (κ1) is 24.5. The van der Waals surface area contributed by atoms with Gasteiger partial charge >= 0.3 is 0 Å². The maximum absolute atomic E-state index is 12.4. The number of anilines is 2. The van der Waals surface area contributed by atoms with Gasteiger partial charge in [0.15, 0.2) is 6.61 Å². The Bertz CT molecular complexity index is 1220. The van der Waals surface area contributed by atoms with E-state index in [9.17, 15) is 14.9 Å². The predicted molar refractivity (Wildman–Crippen MR) is 136 cm³/mol. The lowest BCUT2D eigenvalue weighted by Crippen LogP contribution is -2.20. The summed E-state index contributed by atoms with van der Waals surface area (Å²) in [5.74, 6) is -0.453. The number of carbonyl (C=O) groups excluding carboxylic acids is 2. The molecular formula is C24H16Br2ClN3O3. The molecule has 0 aromatic heterocycles. The highest BCUT2D eigenvalue weighted by Gasteiger charge is 2.14. The van der Waals surface area contributed by atoms with Crippen molar-refractivity contribution in [3.05, 3.63) is 91.8 Å². The van der Waals surface area contributed by atoms with Crippen molar-refractivity contribution in [3.8, 4) is 11.8 Å². The van der Waals surface area contributed by atoms with E-state index in [2.05, 4.69) is 42.5 Å². The average Bonchev–Trinajstić information content (AvgIpc) is 2.79. The number of amides is 2. The van der Waals surface area contributed by atoms with Crippen LogP contribution in [0.3, 0.4) is 0 Å². The zero-order chi connectivity index (χ0) is 23.8. The summed E-state index contributed by atoms with van der Waals surface area (Å²) in [5, 5.41) is 15.4. The van der Waals surface area contributed by atoms with E-state index in [1.807, 2.05) is 12.1 Å². The summed E-state index contributed by atoms with van der Waals surface area (Å²) < 4.78 is 6.73. The molecule has 33 heavy (non-hydrogen) atoms. The Labute approximate surface area is 212 Å². The van der Waals surface area contributed by atoms with Crippen LogP contribution < -0.4 is 15.4 Å². The van der Waals surface area contributed by atoms with Crippen molar-refractivity contribution in [2.75, 3.05) is 17.2 Å². The molecule has 9 heteroatoms. The maximum atomic E-state index is 12.4. The Kier molecular flexibility index (Phi) is 8.66. The number of ether oxygens (including phenoxy) is 1. The molecule has 3 rings (SSSR count). The number of nitrogens with zero attached hydrogens (tertiary/aromatic N) is 1. The third-order valence-corrected chi connectivity index (χ3v) is 5.63. The molecule has 0 spiro atoms. The zero-order valence-corrected chi connectivity index (χ0v) is 20.9. The lowest BCUT2D eigenvalue weighted by Gasteiger charge is -2.12. The molecule has 0 fully saturated rings. The van der Waals surface area contributed by atoms with E-state index in [0.717, 1.165) is 0 Å². The molecular weight excluding hydrogens is 574 g/mol. The van der Waals surface area contributed by atoms with Crippen molar-refractivity contribution < 1.29 is 14.3 Å². The molecule has 0 heterocycles. The van der Waals surface area contributed by atoms with Gasteiger partial charge in [0, 0.05) is 16.4 Å². The third-order valence-electron chi connectivity index (χ3n) is 4.20. The maximum Gasteiger partial charge on any atom is 0.266 e. The van der Waals surface area contributed by atoms with Crippen molar-refractivity contribution in [2.24, 2.45) is 0 Å². The van der Waals surface area contributed by atoms with Crippen molar-refractivity contribution >= 4 is 72.7 Å². The number of halogens is 3. The first-order valence-corrected chi connectivity index (χ1v) is 11.5. The highest BCUT2D eigenvalue weighted by atomic mass is 79.9. The van der Waals surface area contributed by atoms with Crippen LogP contribution in [0.1, 0.15) is 5.56 Å². The van der Waals surface area contributed by atoms with Crippen LogP contribution in [0.25, 0.3) is 6.08 Å². The number of hydrogen-bond acceptors (Lipinski definition) is 4. The van der Waals surface area contributed by atoms with Crippen LogP contribution in [0.5, 0.6) is 5.75 Å². The molecule has 2 amide bonds. The van der Waals surface area contributed by atoms with Gasteiger partial charge in [0.25, 0.3) is 11.8 Å². The van der Waals surface area contributed by atoms with Crippen molar-refractivity contribution in [1.82, 2.24) is 0 Å². The SMILES string of the molecule is N#C/C(=C\c1cc(Br)c(OCC(=O)Nc2ccc(Cl)cc2)c(Br)c1)C(=O)Nc1ccccc1. The van der Waals surface area contributed by atoms with Gasteiger partial charge in [-0.15, -0.1) is 0 Å². The second-order valence-electron chi connectivity index (χ2n) is 6.65. The van der Waals surface area contributed by atoms with Crippen LogP contribution >= 0.6 is 43.5 Å². The van der Waals surface area contributed by atoms with Gasteiger partial charge in [0.05, 0.1) is 8.95 Å². The molecule has 0 saturated carbocycles. The predicted octanol–water partition coefficient (Wildman–Crippen LogP) is 6.43. The van der Waals surface area contributed by atoms with Crippen molar-refractivity contribution in [1.29, 1.82) is 5.26 Å². The van der Waals surface area contributed by atoms with Gasteiger partial charge < -0.3 is 15.4 Å². The minimum atomic E-state index is -0.518. The van der Waals surface area contributed by atoms with Gasteiger partial charge in [-0.3, -0.25) is 9.59 Å². The first-order valence-electron chi connectivity index (χ1n) is 9.51. The highest BCUT2D eigenvalue weighted by Crippen LogP contribution is 2.35. The third kappa shape index (κ3) is 7.19. The number of para-hydroxylation sites is 1. The Hall–Kier alpha value is -3.12. The number of nitrogens with one attached hydrogen (secondary N) is 2. The molecule has 2 N–H and O–H groups in total. The summed E-state index contributed by atoms with van der Waals surface area (Å²) >= 11 is 12.7. The molecule has 6 nitrogen and oxygen atoms in total. The molecule has 0 bridgehead atoms. The summed E-state index contributed by atoms with van der Waals surface area (Å²) in [5.41, 5.74) is 1.72. The summed E-state index contributed by atoms with van der Waals surface area (Å²) in [6.45, 7) is -0.224. The fourth-order valence-electron chi connectivity index (χ4n) is 2.70. The Morgan fingerprint density at radius 2 is 1.58 bits per heavy atom. The first-order chi connectivity index (χ1) is 15.9. The van der Waals surface area contributed by atoms with E-state index in [0.29, 0.717) is 36.7 Å². The van der Waals surface area contributed by atoms with E-state index in [1.165, 1.54) is 6.08 Å². The lowest BCUT2D eigenvalue weighted by atomic mass is 10.1. The van der Waals surface area contributed by atoms with Crippen LogP contribution in [0.2, 0.25) is 5.02 Å². The van der Waals surface area contributed by atoms with Crippen LogP contribution in [-0.2, 0) is 9.59 Å². The number of hydrogen-bond donors (Lipinski definition) is 2. The average molecular weight is 590 g/mol. The van der Waals surface area contributed by atoms with Gasteiger partial charge in [0.1, 0.15) is 17.4 Å². The van der Waals surface area contributed by atoms with Crippen LogP contribution in [0.4, 0.5) is 11.4 Å². The molecule has 0 aliphatic carbocycles. The molecule has 166 valence electrons. The topological polar surface area (TPSA) is 91.2 Å². The Balaban J connectivity index is 1.68. The molecule has 0 aliphatic rings. The molecule has 3 aromatic carbocycles.